The molecule has 0 heterocycles. The summed E-state index contributed by atoms with van der Waals surface area (Å²) in [6.07, 6.45) is 0. The van der Waals surface area contributed by atoms with Gasteiger partial charge in [-0.2, -0.15) is 0 Å². The standard InChI is InChI=1S/4FH.Y/h4*1H;/q;;;;+3/p-3. The van der Waals surface area contributed by atoms with E-state index in [0.717, 1.165) is 0 Å². The fourth-order valence-corrected chi connectivity index (χ4v) is 0. The molecule has 0 spiro atoms. The van der Waals surface area contributed by atoms with Crippen LogP contribution in [0.1, 0.15) is 0 Å². The Morgan fingerprint density at radius 3 is 1.00 bits per heavy atom. The molecule has 0 aliphatic carbocycles. The van der Waals surface area contributed by atoms with E-state index in [1.54, 1.807) is 0 Å². The average Bonchev–Trinajstić information content (AvgIpc) is 0.811. The second-order valence-corrected chi connectivity index (χ2v) is 1.46. The van der Waals surface area contributed by atoms with Crippen molar-refractivity contribution in [2.24, 2.45) is 0 Å². The molecule has 0 rings (SSSR count). The van der Waals surface area contributed by atoms with Crippen LogP contribution in [0.2, 0.25) is 0 Å². The topological polar surface area (TPSA) is 0 Å². The number of hydrogen-bond donors (Lipinski definition) is 0. The van der Waals surface area contributed by atoms with Crippen LogP contribution in [0, 0.1) is 0 Å². The van der Waals surface area contributed by atoms with Crippen LogP contribution in [0.3, 0.4) is 0 Å². The van der Waals surface area contributed by atoms with Gasteiger partial charge in [0.1, 0.15) is 0 Å². The predicted molar refractivity (Wildman–Crippen MR) is 5.83 cm³/mol. The van der Waals surface area contributed by atoms with Crippen molar-refractivity contribution >= 4 is 0 Å². The molecular formula is HF4Y. The van der Waals surface area contributed by atoms with Crippen molar-refractivity contribution in [3.05, 3.63) is 0 Å². The zero-order valence-corrected chi connectivity index (χ0v) is 4.96. The molecule has 5 heteroatoms. The van der Waals surface area contributed by atoms with Crippen LogP contribution in [0.25, 0.3) is 0 Å². The molecule has 0 fully saturated rings. The van der Waals surface area contributed by atoms with Crippen molar-refractivity contribution in [1.29, 1.82) is 0 Å². The second-order valence-electron chi connectivity index (χ2n) is 0.247. The first-order valence-corrected chi connectivity index (χ1v) is 3.87. The molecule has 0 aromatic rings. The Bertz CT molecular complexity index is 8.36. The zero-order chi connectivity index (χ0) is 3.58. The van der Waals surface area contributed by atoms with Crippen molar-refractivity contribution in [3.63, 3.8) is 0 Å². The molecule has 0 saturated carbocycles. The van der Waals surface area contributed by atoms with Gasteiger partial charge in [-0.05, 0) is 0 Å². The Hall–Kier alpha value is 0.824. The van der Waals surface area contributed by atoms with E-state index < -0.39 is 29.6 Å². The average molecular weight is 166 g/mol. The summed E-state index contributed by atoms with van der Waals surface area (Å²) in [7, 11) is 0. The minimum atomic E-state index is -5.14. The first kappa shape index (κ1) is 9.27. The Balaban J connectivity index is 0. The first-order valence-electron chi connectivity index (χ1n) is 0.655. The van der Waals surface area contributed by atoms with Crippen molar-refractivity contribution < 1.29 is 40.0 Å². The molecule has 0 aliphatic rings. The quantitative estimate of drug-likeness (QED) is 0.477. The normalized spacial score (nSPS) is 5.40. The van der Waals surface area contributed by atoms with E-state index >= 15 is 0 Å². The first-order chi connectivity index (χ1) is 1.73. The molecule has 0 aliphatic heterocycles. The summed E-state index contributed by atoms with van der Waals surface area (Å²) >= 11 is -5.14. The maximum atomic E-state index is 9.88. The van der Waals surface area contributed by atoms with Gasteiger partial charge in [0.05, 0.1) is 0 Å². The van der Waals surface area contributed by atoms with Crippen LogP contribution < -0.4 is 0 Å². The molecule has 0 aromatic carbocycles. The summed E-state index contributed by atoms with van der Waals surface area (Å²) < 4.78 is 29.6. The van der Waals surface area contributed by atoms with Gasteiger partial charge in [-0.3, -0.25) is 4.70 Å². The van der Waals surface area contributed by atoms with Crippen LogP contribution in [0.5, 0.6) is 0 Å². The second kappa shape index (κ2) is 4.82. The molecule has 0 radical (unpaired) electrons. The molecule has 0 amide bonds. The van der Waals surface area contributed by atoms with Crippen molar-refractivity contribution in [1.82, 2.24) is 0 Å². The Kier molecular flexibility index (Phi) is 8.94. The van der Waals surface area contributed by atoms with Gasteiger partial charge >= 0.3 is 35.3 Å². The molecule has 0 nitrogen and oxygen atoms in total. The van der Waals surface area contributed by atoms with Crippen molar-refractivity contribution in [2.75, 3.05) is 0 Å². The summed E-state index contributed by atoms with van der Waals surface area (Å²) in [6, 6.07) is 0. The van der Waals surface area contributed by atoms with E-state index in [0.29, 0.717) is 0 Å². The third kappa shape index (κ3) is 56.7. The van der Waals surface area contributed by atoms with Gasteiger partial charge < -0.3 is 0 Å². The minimum absolute atomic E-state index is 0. The summed E-state index contributed by atoms with van der Waals surface area (Å²) in [6.45, 7) is 0. The summed E-state index contributed by atoms with van der Waals surface area (Å²) in [4.78, 5) is 0. The molecule has 32 valence electrons. The van der Waals surface area contributed by atoms with Gasteiger partial charge in [-0.15, -0.1) is 0 Å². The van der Waals surface area contributed by atoms with Crippen LogP contribution in [0.4, 0.5) is 10.5 Å². The van der Waals surface area contributed by atoms with E-state index in [4.69, 9.17) is 0 Å². The number of hydrogen-bond acceptors (Lipinski definition) is 0. The fourth-order valence-electron chi connectivity index (χ4n) is 0. The molecule has 0 bridgehead atoms. The molecular weight excluding hydrogens is 165 g/mol. The molecule has 0 unspecified atom stereocenters. The van der Waals surface area contributed by atoms with Crippen LogP contribution in [-0.4, -0.2) is 0 Å². The van der Waals surface area contributed by atoms with Gasteiger partial charge in [0.15, 0.2) is 0 Å². The van der Waals surface area contributed by atoms with Gasteiger partial charge in [0.2, 0.25) is 0 Å². The predicted octanol–water partition coefficient (Wildman–Crippen LogP) is 1.41. The van der Waals surface area contributed by atoms with Gasteiger partial charge in [0.25, 0.3) is 0 Å². The van der Waals surface area contributed by atoms with Crippen molar-refractivity contribution in [3.8, 4) is 0 Å². The van der Waals surface area contributed by atoms with E-state index in [9.17, 15) is 5.77 Å². The maximum absolute atomic E-state index is 9.88. The zero-order valence-electron chi connectivity index (χ0n) is 2.12. The van der Waals surface area contributed by atoms with E-state index in [1.807, 2.05) is 0 Å². The summed E-state index contributed by atoms with van der Waals surface area (Å²) in [5, 5.41) is 0. The third-order valence-electron chi connectivity index (χ3n) is 0. The Morgan fingerprint density at radius 2 is 1.00 bits per heavy atom. The van der Waals surface area contributed by atoms with E-state index in [2.05, 4.69) is 0 Å². The SMILES string of the molecule is F.[F][Y]([F])[F]. The van der Waals surface area contributed by atoms with E-state index in [-0.39, 0.29) is 4.70 Å². The number of rotatable bonds is 0. The molecule has 0 atom stereocenters. The summed E-state index contributed by atoms with van der Waals surface area (Å²) in [5.41, 5.74) is 0. The Morgan fingerprint density at radius 1 is 1.00 bits per heavy atom. The van der Waals surface area contributed by atoms with Crippen LogP contribution in [0.15, 0.2) is 0 Å². The third-order valence-corrected chi connectivity index (χ3v) is 0. The monoisotopic (exact) mass is 166 g/mol. The van der Waals surface area contributed by atoms with Gasteiger partial charge in [-0.25, -0.2) is 0 Å². The number of halogens is 4. The van der Waals surface area contributed by atoms with Crippen LogP contribution >= 0.6 is 0 Å². The fraction of sp³-hybridized carbons (Fsp3) is 0. The molecule has 0 saturated heterocycles. The Labute approximate surface area is 40.2 Å². The van der Waals surface area contributed by atoms with Gasteiger partial charge in [0, 0.05) is 0 Å². The van der Waals surface area contributed by atoms with Gasteiger partial charge in [-0.1, -0.05) is 0 Å². The summed E-state index contributed by atoms with van der Waals surface area (Å²) in [5.74, 6) is 0. The van der Waals surface area contributed by atoms with E-state index in [1.165, 1.54) is 0 Å². The van der Waals surface area contributed by atoms with Crippen molar-refractivity contribution in [2.45, 2.75) is 0 Å². The molecule has 0 aromatic heterocycles. The van der Waals surface area contributed by atoms with Crippen LogP contribution in [-0.2, 0) is 29.6 Å². The molecule has 5 heavy (non-hydrogen) atoms. The molecule has 0 N–H and O–H groups in total.